The molecule has 2 unspecified atom stereocenters. The highest BCUT2D eigenvalue weighted by molar-refractivity contribution is 5.83. The summed E-state index contributed by atoms with van der Waals surface area (Å²) in [5.41, 5.74) is 6.31. The molecule has 1 saturated heterocycles. The van der Waals surface area contributed by atoms with E-state index < -0.39 is 0 Å². The third-order valence-corrected chi connectivity index (χ3v) is 5.61. The van der Waals surface area contributed by atoms with E-state index in [9.17, 15) is 4.79 Å². The number of fused-ring (bicyclic) bond motifs is 1. The first kappa shape index (κ1) is 10.4. The fourth-order valence-corrected chi connectivity index (χ4v) is 4.31. The van der Waals surface area contributed by atoms with Crippen LogP contribution in [0.25, 0.3) is 0 Å². The van der Waals surface area contributed by atoms with Gasteiger partial charge in [-0.25, -0.2) is 0 Å². The summed E-state index contributed by atoms with van der Waals surface area (Å²) in [5.74, 6) is 3.02. The van der Waals surface area contributed by atoms with E-state index in [2.05, 4.69) is 0 Å². The van der Waals surface area contributed by atoms with Crippen molar-refractivity contribution in [2.24, 2.45) is 29.4 Å². The van der Waals surface area contributed by atoms with Gasteiger partial charge in [-0.3, -0.25) is 4.79 Å². The maximum atomic E-state index is 12.4. The van der Waals surface area contributed by atoms with Gasteiger partial charge in [0.25, 0.3) is 0 Å². The first-order chi connectivity index (χ1) is 8.19. The molecule has 4 aliphatic rings. The van der Waals surface area contributed by atoms with Crippen molar-refractivity contribution in [1.82, 2.24) is 4.90 Å². The molecule has 0 aromatic heterocycles. The minimum Gasteiger partial charge on any atom is -0.339 e. The lowest BCUT2D eigenvalue weighted by molar-refractivity contribution is -0.141. The summed E-state index contributed by atoms with van der Waals surface area (Å²) in [6, 6.07) is 0. The van der Waals surface area contributed by atoms with Gasteiger partial charge in [0.05, 0.1) is 5.54 Å². The van der Waals surface area contributed by atoms with E-state index in [4.69, 9.17) is 5.73 Å². The molecule has 1 amide bonds. The lowest BCUT2D eigenvalue weighted by Crippen LogP contribution is -2.70. The zero-order valence-corrected chi connectivity index (χ0v) is 10.4. The summed E-state index contributed by atoms with van der Waals surface area (Å²) in [6.45, 7) is 1.68. The number of likely N-dealkylation sites (tertiary alicyclic amines) is 1. The first-order valence-corrected chi connectivity index (χ1v) is 7.27. The summed E-state index contributed by atoms with van der Waals surface area (Å²) in [6.07, 6.45) is 7.85. The Labute approximate surface area is 103 Å². The lowest BCUT2D eigenvalue weighted by atomic mass is 9.85. The fraction of sp³-hybridized carbons (Fsp3) is 0.929. The van der Waals surface area contributed by atoms with Crippen LogP contribution in [0, 0.1) is 23.7 Å². The predicted octanol–water partition coefficient (Wildman–Crippen LogP) is 1.37. The predicted molar refractivity (Wildman–Crippen MR) is 65.2 cm³/mol. The van der Waals surface area contributed by atoms with Crippen LogP contribution in [0.5, 0.6) is 0 Å². The summed E-state index contributed by atoms with van der Waals surface area (Å²) < 4.78 is 0. The lowest BCUT2D eigenvalue weighted by Gasteiger charge is -2.48. The first-order valence-electron chi connectivity index (χ1n) is 7.27. The van der Waals surface area contributed by atoms with Crippen molar-refractivity contribution in [3.8, 4) is 0 Å². The van der Waals surface area contributed by atoms with E-state index in [0.29, 0.717) is 17.7 Å². The Kier molecular flexibility index (Phi) is 1.98. The summed E-state index contributed by atoms with van der Waals surface area (Å²) >= 11 is 0. The second-order valence-corrected chi connectivity index (χ2v) is 6.84. The van der Waals surface area contributed by atoms with Crippen molar-refractivity contribution in [1.29, 1.82) is 0 Å². The highest BCUT2D eigenvalue weighted by Gasteiger charge is 2.59. The maximum absolute atomic E-state index is 12.4. The Morgan fingerprint density at radius 1 is 1.06 bits per heavy atom. The van der Waals surface area contributed by atoms with E-state index in [1.54, 1.807) is 0 Å². The van der Waals surface area contributed by atoms with Crippen molar-refractivity contribution in [3.63, 3.8) is 0 Å². The Morgan fingerprint density at radius 2 is 1.65 bits per heavy atom. The van der Waals surface area contributed by atoms with E-state index in [1.807, 2.05) is 4.90 Å². The van der Waals surface area contributed by atoms with E-state index in [-0.39, 0.29) is 5.54 Å². The topological polar surface area (TPSA) is 46.3 Å². The van der Waals surface area contributed by atoms with Crippen molar-refractivity contribution in [2.45, 2.75) is 44.1 Å². The quantitative estimate of drug-likeness (QED) is 0.784. The van der Waals surface area contributed by atoms with Gasteiger partial charge in [0.15, 0.2) is 0 Å². The number of rotatable bonds is 2. The molecular weight excluding hydrogens is 212 g/mol. The van der Waals surface area contributed by atoms with Gasteiger partial charge in [-0.15, -0.1) is 0 Å². The highest BCUT2D eigenvalue weighted by atomic mass is 16.2. The molecule has 0 spiro atoms. The molecule has 1 aliphatic heterocycles. The average molecular weight is 234 g/mol. The zero-order valence-electron chi connectivity index (χ0n) is 10.4. The molecule has 4 rings (SSSR count). The van der Waals surface area contributed by atoms with Gasteiger partial charge in [0.1, 0.15) is 0 Å². The SMILES string of the molecule is NC1(C2CC2)CN(C(=O)C2C3CCCCC32)C1. The number of carbonyl (C=O) groups is 1. The molecule has 1 heterocycles. The van der Waals surface area contributed by atoms with E-state index >= 15 is 0 Å². The fourth-order valence-electron chi connectivity index (χ4n) is 4.31. The van der Waals surface area contributed by atoms with Crippen LogP contribution < -0.4 is 5.73 Å². The van der Waals surface area contributed by atoms with Gasteiger partial charge < -0.3 is 10.6 Å². The minimum atomic E-state index is -0.00424. The minimum absolute atomic E-state index is 0.00424. The Balaban J connectivity index is 1.36. The van der Waals surface area contributed by atoms with Crippen LogP contribution in [0.3, 0.4) is 0 Å². The molecule has 0 radical (unpaired) electrons. The van der Waals surface area contributed by atoms with E-state index in [0.717, 1.165) is 24.9 Å². The second-order valence-electron chi connectivity index (χ2n) is 6.84. The monoisotopic (exact) mass is 234 g/mol. The zero-order chi connectivity index (χ0) is 11.6. The smallest absolute Gasteiger partial charge is 0.226 e. The molecule has 3 heteroatoms. The van der Waals surface area contributed by atoms with Crippen LogP contribution in [0.2, 0.25) is 0 Å². The second kappa shape index (κ2) is 3.25. The van der Waals surface area contributed by atoms with Crippen LogP contribution >= 0.6 is 0 Å². The molecule has 0 aromatic rings. The van der Waals surface area contributed by atoms with Crippen LogP contribution in [-0.4, -0.2) is 29.4 Å². The highest BCUT2D eigenvalue weighted by Crippen LogP contribution is 2.57. The van der Waals surface area contributed by atoms with Gasteiger partial charge in [-0.2, -0.15) is 0 Å². The normalized spacial score (nSPS) is 42.6. The summed E-state index contributed by atoms with van der Waals surface area (Å²) in [5, 5.41) is 0. The number of hydrogen-bond donors (Lipinski definition) is 1. The van der Waals surface area contributed by atoms with Crippen molar-refractivity contribution in [2.75, 3.05) is 13.1 Å². The molecule has 3 nitrogen and oxygen atoms in total. The number of nitrogens with two attached hydrogens (primary N) is 1. The molecule has 17 heavy (non-hydrogen) atoms. The molecule has 0 bridgehead atoms. The molecule has 3 aliphatic carbocycles. The summed E-state index contributed by atoms with van der Waals surface area (Å²) in [4.78, 5) is 14.4. The molecule has 3 saturated carbocycles. The Hall–Kier alpha value is -0.570. The third kappa shape index (κ3) is 1.48. The van der Waals surface area contributed by atoms with Gasteiger partial charge in [0, 0.05) is 19.0 Å². The number of hydrogen-bond acceptors (Lipinski definition) is 2. The number of carbonyl (C=O) groups excluding carboxylic acids is 1. The number of nitrogens with zero attached hydrogens (tertiary/aromatic N) is 1. The van der Waals surface area contributed by atoms with Gasteiger partial charge >= 0.3 is 0 Å². The van der Waals surface area contributed by atoms with Crippen LogP contribution in [0.1, 0.15) is 38.5 Å². The van der Waals surface area contributed by atoms with Crippen molar-refractivity contribution >= 4 is 5.91 Å². The Bertz CT molecular complexity index is 345. The molecule has 2 atom stereocenters. The van der Waals surface area contributed by atoms with Crippen LogP contribution in [0.15, 0.2) is 0 Å². The van der Waals surface area contributed by atoms with Crippen LogP contribution in [0.4, 0.5) is 0 Å². The standard InChI is InChI=1S/C14H22N2O/c15-14(9-5-6-9)7-16(8-14)13(17)12-10-3-1-2-4-11(10)12/h9-12H,1-8,15H2. The molecule has 4 fully saturated rings. The van der Waals surface area contributed by atoms with Crippen LogP contribution in [-0.2, 0) is 4.79 Å². The van der Waals surface area contributed by atoms with E-state index in [1.165, 1.54) is 38.5 Å². The molecular formula is C14H22N2O. The third-order valence-electron chi connectivity index (χ3n) is 5.61. The number of amides is 1. The maximum Gasteiger partial charge on any atom is 0.226 e. The van der Waals surface area contributed by atoms with Crippen molar-refractivity contribution < 1.29 is 4.79 Å². The van der Waals surface area contributed by atoms with Gasteiger partial charge in [0.2, 0.25) is 5.91 Å². The largest absolute Gasteiger partial charge is 0.339 e. The van der Waals surface area contributed by atoms with Gasteiger partial charge in [-0.1, -0.05) is 12.8 Å². The summed E-state index contributed by atoms with van der Waals surface area (Å²) in [7, 11) is 0. The molecule has 94 valence electrons. The average Bonchev–Trinajstić information content (AvgIpc) is 3.14. The molecule has 0 aromatic carbocycles. The Morgan fingerprint density at radius 3 is 2.18 bits per heavy atom. The van der Waals surface area contributed by atoms with Crippen molar-refractivity contribution in [3.05, 3.63) is 0 Å². The van der Waals surface area contributed by atoms with Gasteiger partial charge in [-0.05, 0) is 43.4 Å². The molecule has 2 N–H and O–H groups in total.